The van der Waals surface area contributed by atoms with E-state index in [1.54, 1.807) is 6.92 Å². The summed E-state index contributed by atoms with van der Waals surface area (Å²) in [7, 11) is 2.04. The van der Waals surface area contributed by atoms with Crippen LogP contribution in [0.5, 0.6) is 0 Å². The number of fused-ring (bicyclic) bond motifs is 2. The lowest BCUT2D eigenvalue weighted by Gasteiger charge is -2.32. The highest BCUT2D eigenvalue weighted by Crippen LogP contribution is 2.29. The zero-order chi connectivity index (χ0) is 20.5. The zero-order valence-electron chi connectivity index (χ0n) is 17.5. The first kappa shape index (κ1) is 19.8. The van der Waals surface area contributed by atoms with Gasteiger partial charge in [-0.15, -0.1) is 0 Å². The van der Waals surface area contributed by atoms with Gasteiger partial charge in [0.25, 0.3) is 5.91 Å². The number of aromatic nitrogens is 1. The molecule has 2 aliphatic rings. The maximum atomic E-state index is 13.3. The van der Waals surface area contributed by atoms with Crippen LogP contribution >= 0.6 is 0 Å². The van der Waals surface area contributed by atoms with E-state index in [9.17, 15) is 9.59 Å². The van der Waals surface area contributed by atoms with Crippen molar-refractivity contribution in [2.45, 2.75) is 45.8 Å². The summed E-state index contributed by atoms with van der Waals surface area (Å²) >= 11 is 0. The van der Waals surface area contributed by atoms with Gasteiger partial charge >= 0.3 is 5.97 Å². The van der Waals surface area contributed by atoms with Crippen LogP contribution in [0, 0.1) is 5.92 Å². The van der Waals surface area contributed by atoms with Crippen LogP contribution in [-0.2, 0) is 22.5 Å². The number of hydrogen-bond donors (Lipinski definition) is 0. The van der Waals surface area contributed by atoms with E-state index in [1.165, 1.54) is 0 Å². The molecule has 0 radical (unpaired) electrons. The molecule has 2 aliphatic heterocycles. The van der Waals surface area contributed by atoms with Crippen LogP contribution in [0.2, 0.25) is 0 Å². The van der Waals surface area contributed by atoms with Gasteiger partial charge in [0.15, 0.2) is 6.10 Å². The van der Waals surface area contributed by atoms with Crippen LogP contribution in [0.3, 0.4) is 0 Å². The van der Waals surface area contributed by atoms with Crippen LogP contribution in [-0.4, -0.2) is 59.4 Å². The summed E-state index contributed by atoms with van der Waals surface area (Å²) in [5.74, 6) is -0.0439. The number of amides is 1. The minimum Gasteiger partial charge on any atom is -0.449 e. The fraction of sp³-hybridized carbons (Fsp3) is 0.522. The molecule has 154 valence electrons. The minimum atomic E-state index is -0.795. The number of carbonyl (C=O) groups is 2. The normalized spacial score (nSPS) is 20.9. The third kappa shape index (κ3) is 3.99. The van der Waals surface area contributed by atoms with Gasteiger partial charge in [0.05, 0.1) is 11.1 Å². The number of hydrogen-bond acceptors (Lipinski definition) is 5. The monoisotopic (exact) mass is 395 g/mol. The number of para-hydroxylation sites is 1. The average molecular weight is 396 g/mol. The third-order valence-electron chi connectivity index (χ3n) is 6.04. The van der Waals surface area contributed by atoms with Gasteiger partial charge in [0, 0.05) is 49.2 Å². The van der Waals surface area contributed by atoms with Gasteiger partial charge in [-0.05, 0) is 38.8 Å². The highest BCUT2D eigenvalue weighted by atomic mass is 16.5. The van der Waals surface area contributed by atoms with E-state index in [-0.39, 0.29) is 5.91 Å². The quantitative estimate of drug-likeness (QED) is 0.748. The molecule has 6 heteroatoms. The first-order valence-electron chi connectivity index (χ1n) is 10.5. The first-order chi connectivity index (χ1) is 13.9. The van der Waals surface area contributed by atoms with Gasteiger partial charge in [-0.1, -0.05) is 25.1 Å². The average Bonchev–Trinajstić information content (AvgIpc) is 2.71. The molecule has 29 heavy (non-hydrogen) atoms. The fourth-order valence-corrected chi connectivity index (χ4v) is 4.47. The van der Waals surface area contributed by atoms with Crippen molar-refractivity contribution in [1.82, 2.24) is 14.8 Å². The van der Waals surface area contributed by atoms with Gasteiger partial charge < -0.3 is 14.5 Å². The number of likely N-dealkylation sites (tertiary alicyclic amines) is 1. The van der Waals surface area contributed by atoms with Crippen molar-refractivity contribution in [2.24, 2.45) is 5.92 Å². The third-order valence-corrected chi connectivity index (χ3v) is 6.04. The van der Waals surface area contributed by atoms with Crippen molar-refractivity contribution in [2.75, 3.05) is 26.7 Å². The summed E-state index contributed by atoms with van der Waals surface area (Å²) in [5, 5.41) is 0.790. The van der Waals surface area contributed by atoms with E-state index in [0.717, 1.165) is 61.1 Å². The van der Waals surface area contributed by atoms with Gasteiger partial charge in [-0.2, -0.15) is 0 Å². The van der Waals surface area contributed by atoms with E-state index in [1.807, 2.05) is 36.2 Å². The maximum Gasteiger partial charge on any atom is 0.339 e. The van der Waals surface area contributed by atoms with E-state index < -0.39 is 12.1 Å². The van der Waals surface area contributed by atoms with Crippen LogP contribution in [0.1, 0.15) is 48.3 Å². The van der Waals surface area contributed by atoms with Gasteiger partial charge in [0.2, 0.25) is 0 Å². The van der Waals surface area contributed by atoms with Crippen molar-refractivity contribution in [3.8, 4) is 0 Å². The van der Waals surface area contributed by atoms with E-state index in [0.29, 0.717) is 18.0 Å². The number of ether oxygens (including phenoxy) is 1. The highest BCUT2D eigenvalue weighted by Gasteiger charge is 2.30. The Balaban J connectivity index is 1.63. The van der Waals surface area contributed by atoms with Crippen LogP contribution in [0.25, 0.3) is 10.9 Å². The van der Waals surface area contributed by atoms with Crippen LogP contribution in [0.4, 0.5) is 0 Å². The Morgan fingerprint density at radius 3 is 2.83 bits per heavy atom. The SMILES string of the molecule is C[C@H]1CCCN(C(=O)[C@H](C)OC(=O)c2c3c(nc4ccccc24)CCN(C)C3)C1. The minimum absolute atomic E-state index is 0.103. The number of esters is 1. The second-order valence-corrected chi connectivity index (χ2v) is 8.50. The van der Waals surface area contributed by atoms with E-state index >= 15 is 0 Å². The zero-order valence-corrected chi connectivity index (χ0v) is 17.5. The molecule has 0 saturated carbocycles. The van der Waals surface area contributed by atoms with E-state index in [4.69, 9.17) is 9.72 Å². The Morgan fingerprint density at radius 2 is 2.03 bits per heavy atom. The molecule has 0 bridgehead atoms. The predicted octanol–water partition coefficient (Wildman–Crippen LogP) is 3.03. The smallest absolute Gasteiger partial charge is 0.339 e. The number of carbonyl (C=O) groups excluding carboxylic acids is 2. The van der Waals surface area contributed by atoms with Crippen molar-refractivity contribution in [3.63, 3.8) is 0 Å². The molecule has 4 rings (SSSR count). The van der Waals surface area contributed by atoms with Gasteiger partial charge in [-0.3, -0.25) is 9.78 Å². The number of rotatable bonds is 3. The largest absolute Gasteiger partial charge is 0.449 e. The second-order valence-electron chi connectivity index (χ2n) is 8.50. The molecular formula is C23H29N3O3. The number of piperidine rings is 1. The lowest BCUT2D eigenvalue weighted by molar-refractivity contribution is -0.141. The molecule has 1 amide bonds. The molecule has 0 aliphatic carbocycles. The molecule has 1 saturated heterocycles. The fourth-order valence-electron chi connectivity index (χ4n) is 4.47. The number of likely N-dealkylation sites (N-methyl/N-ethyl adjacent to an activating group) is 1. The van der Waals surface area contributed by atoms with Crippen LogP contribution in [0.15, 0.2) is 24.3 Å². The number of nitrogens with zero attached hydrogens (tertiary/aromatic N) is 3. The van der Waals surface area contributed by atoms with Gasteiger partial charge in [0.1, 0.15) is 0 Å². The molecule has 0 spiro atoms. The molecule has 1 fully saturated rings. The Bertz CT molecular complexity index is 942. The maximum absolute atomic E-state index is 13.3. The number of benzene rings is 1. The van der Waals surface area contributed by atoms with Gasteiger partial charge in [-0.25, -0.2) is 4.79 Å². The van der Waals surface area contributed by atoms with E-state index in [2.05, 4.69) is 11.8 Å². The molecule has 0 N–H and O–H groups in total. The highest BCUT2D eigenvalue weighted by molar-refractivity contribution is 6.05. The Morgan fingerprint density at radius 1 is 1.24 bits per heavy atom. The van der Waals surface area contributed by atoms with Crippen LogP contribution < -0.4 is 0 Å². The lowest BCUT2D eigenvalue weighted by Crippen LogP contribution is -2.45. The summed E-state index contributed by atoms with van der Waals surface area (Å²) in [5.41, 5.74) is 3.24. The Kier molecular flexibility index (Phi) is 5.54. The Hall–Kier alpha value is -2.47. The van der Waals surface area contributed by atoms with Crippen molar-refractivity contribution in [3.05, 3.63) is 41.1 Å². The first-order valence-corrected chi connectivity index (χ1v) is 10.5. The molecule has 6 nitrogen and oxygen atoms in total. The summed E-state index contributed by atoms with van der Waals surface area (Å²) in [4.78, 5) is 34.9. The number of pyridine rings is 1. The second kappa shape index (κ2) is 8.11. The predicted molar refractivity (Wildman–Crippen MR) is 112 cm³/mol. The molecule has 2 atom stereocenters. The Labute approximate surface area is 171 Å². The molecule has 0 unspecified atom stereocenters. The molecule has 3 heterocycles. The van der Waals surface area contributed by atoms with Crippen molar-refractivity contribution >= 4 is 22.8 Å². The van der Waals surface area contributed by atoms with Crippen molar-refractivity contribution in [1.29, 1.82) is 0 Å². The molecule has 2 aromatic rings. The standard InChI is InChI=1S/C23H29N3O3/c1-15-7-6-11-26(13-15)22(27)16(2)29-23(28)21-17-8-4-5-9-19(17)24-20-10-12-25(3)14-18(20)21/h4-5,8-9,15-16H,6-7,10-14H2,1-3H3/t15-,16-/m0/s1. The van der Waals surface area contributed by atoms with Crippen molar-refractivity contribution < 1.29 is 14.3 Å². The molecular weight excluding hydrogens is 366 g/mol. The molecule has 1 aromatic heterocycles. The lowest BCUT2D eigenvalue weighted by atomic mass is 9.96. The summed E-state index contributed by atoms with van der Waals surface area (Å²) in [6.07, 6.45) is 2.15. The summed E-state index contributed by atoms with van der Waals surface area (Å²) in [6, 6.07) is 7.67. The summed E-state index contributed by atoms with van der Waals surface area (Å²) < 4.78 is 5.72. The topological polar surface area (TPSA) is 62.7 Å². The molecule has 1 aromatic carbocycles. The summed E-state index contributed by atoms with van der Waals surface area (Å²) in [6.45, 7) is 6.88.